The third-order valence-electron chi connectivity index (χ3n) is 3.58. The van der Waals surface area contributed by atoms with E-state index >= 15 is 0 Å². The van der Waals surface area contributed by atoms with Crippen LogP contribution in [0.5, 0.6) is 0 Å². The molecule has 0 aromatic heterocycles. The fraction of sp³-hybridized carbons (Fsp3) is 0.643. The van der Waals surface area contributed by atoms with E-state index in [0.29, 0.717) is 0 Å². The van der Waals surface area contributed by atoms with Crippen molar-refractivity contribution in [1.29, 1.82) is 0 Å². The lowest BCUT2D eigenvalue weighted by Gasteiger charge is -2.38. The lowest BCUT2D eigenvalue weighted by molar-refractivity contribution is -0.139. The highest BCUT2D eigenvalue weighted by Gasteiger charge is 2.23. The Balaban J connectivity index is 2.83. The predicted molar refractivity (Wildman–Crippen MR) is 80.0 cm³/mol. The molecule has 6 nitrogen and oxygen atoms in total. The Bertz CT molecular complexity index is 429. The van der Waals surface area contributed by atoms with Gasteiger partial charge in [-0.2, -0.15) is 0 Å². The number of nitrogens with two attached hydrogens (primary N) is 1. The van der Waals surface area contributed by atoms with Crippen LogP contribution in [0.15, 0.2) is 24.0 Å². The van der Waals surface area contributed by atoms with E-state index in [0.717, 1.165) is 30.8 Å². The van der Waals surface area contributed by atoms with Crippen LogP contribution >= 0.6 is 0 Å². The molecule has 0 unspecified atom stereocenters. The van der Waals surface area contributed by atoms with Crippen LogP contribution < -0.4 is 11.1 Å². The number of alkyl halides is 2. The van der Waals surface area contributed by atoms with Crippen molar-refractivity contribution in [2.24, 2.45) is 5.73 Å². The molecule has 0 radical (unpaired) electrons. The third-order valence-corrected chi connectivity index (χ3v) is 3.58. The second-order valence-electron chi connectivity index (χ2n) is 5.17. The number of carbonyl (C=O) groups is 1. The number of carboxylic acids is 1. The first-order chi connectivity index (χ1) is 10.4. The summed E-state index contributed by atoms with van der Waals surface area (Å²) >= 11 is 0. The van der Waals surface area contributed by atoms with Crippen LogP contribution in [0.1, 0.15) is 19.3 Å². The number of allylic oxidation sites excluding steroid dienone is 2. The quantitative estimate of drug-likeness (QED) is 0.550. The van der Waals surface area contributed by atoms with E-state index < -0.39 is 25.0 Å². The highest BCUT2D eigenvalue weighted by atomic mass is 19.3. The summed E-state index contributed by atoms with van der Waals surface area (Å²) in [7, 11) is 1.67. The zero-order valence-corrected chi connectivity index (χ0v) is 12.8. The molecule has 1 aliphatic heterocycles. The van der Waals surface area contributed by atoms with Gasteiger partial charge in [-0.1, -0.05) is 12.7 Å². The monoisotopic (exact) mass is 318 g/mol. The number of hydrogen-bond donors (Lipinski definition) is 3. The molecule has 1 aliphatic rings. The fourth-order valence-electron chi connectivity index (χ4n) is 2.31. The number of halogens is 2. The number of hydrogen-bond acceptors (Lipinski definition) is 5. The maximum atomic E-state index is 12.8. The molecule has 4 N–H and O–H groups in total. The van der Waals surface area contributed by atoms with E-state index in [1.807, 2.05) is 0 Å². The second-order valence-corrected chi connectivity index (χ2v) is 5.17. The topological polar surface area (TPSA) is 81.8 Å². The van der Waals surface area contributed by atoms with E-state index in [9.17, 15) is 13.6 Å². The molecule has 0 spiro atoms. The number of rotatable bonds is 9. The van der Waals surface area contributed by atoms with E-state index in [1.54, 1.807) is 18.1 Å². The molecule has 0 fully saturated rings. The summed E-state index contributed by atoms with van der Waals surface area (Å²) in [5.74, 6) is -0.410. The molecular formula is C14H24F2N4O2. The van der Waals surface area contributed by atoms with Crippen LogP contribution in [0.25, 0.3) is 0 Å². The Morgan fingerprint density at radius 1 is 1.59 bits per heavy atom. The van der Waals surface area contributed by atoms with E-state index in [-0.39, 0.29) is 13.0 Å². The van der Waals surface area contributed by atoms with Crippen molar-refractivity contribution >= 4 is 5.97 Å². The molecule has 0 amide bonds. The first-order valence-corrected chi connectivity index (χ1v) is 7.21. The van der Waals surface area contributed by atoms with Gasteiger partial charge in [-0.15, -0.1) is 0 Å². The summed E-state index contributed by atoms with van der Waals surface area (Å²) in [6, 6.07) is -1.07. The van der Waals surface area contributed by atoms with Gasteiger partial charge in [0.1, 0.15) is 11.9 Å². The lowest BCUT2D eigenvalue weighted by atomic mass is 10.1. The summed E-state index contributed by atoms with van der Waals surface area (Å²) < 4.78 is 25.6. The van der Waals surface area contributed by atoms with E-state index in [4.69, 9.17) is 10.8 Å². The number of aliphatic carboxylic acids is 1. The summed E-state index contributed by atoms with van der Waals surface area (Å²) in [5, 5.41) is 15.0. The van der Waals surface area contributed by atoms with Gasteiger partial charge in [0.2, 0.25) is 0 Å². The minimum atomic E-state index is -2.53. The van der Waals surface area contributed by atoms with Crippen molar-refractivity contribution in [3.63, 3.8) is 0 Å². The molecule has 126 valence electrons. The van der Waals surface area contributed by atoms with Crippen molar-refractivity contribution in [1.82, 2.24) is 15.3 Å². The molecule has 0 bridgehead atoms. The van der Waals surface area contributed by atoms with Crippen molar-refractivity contribution in [3.8, 4) is 0 Å². The smallest absolute Gasteiger partial charge is 0.320 e. The second kappa shape index (κ2) is 8.70. The van der Waals surface area contributed by atoms with Gasteiger partial charge in [-0.05, 0) is 24.8 Å². The Morgan fingerprint density at radius 2 is 2.27 bits per heavy atom. The minimum absolute atomic E-state index is 0.0864. The highest BCUT2D eigenvalue weighted by Crippen LogP contribution is 2.19. The first kappa shape index (κ1) is 18.4. The van der Waals surface area contributed by atoms with Gasteiger partial charge in [0, 0.05) is 20.1 Å². The van der Waals surface area contributed by atoms with Crippen LogP contribution in [0.4, 0.5) is 8.78 Å². The number of hydrazine groups is 1. The average Bonchev–Trinajstić information content (AvgIpc) is 2.49. The van der Waals surface area contributed by atoms with Gasteiger partial charge in [-0.3, -0.25) is 9.80 Å². The number of nitrogens with one attached hydrogen (secondary N) is 1. The van der Waals surface area contributed by atoms with Crippen molar-refractivity contribution < 1.29 is 18.7 Å². The molecule has 22 heavy (non-hydrogen) atoms. The average molecular weight is 318 g/mol. The predicted octanol–water partition coefficient (Wildman–Crippen LogP) is 0.983. The zero-order chi connectivity index (χ0) is 16.7. The van der Waals surface area contributed by atoms with Gasteiger partial charge in [0.05, 0.1) is 6.54 Å². The Kier molecular flexibility index (Phi) is 7.26. The molecule has 0 aromatic rings. The molecule has 0 aliphatic carbocycles. The number of nitrogens with zero attached hydrogens (tertiary/aromatic N) is 2. The summed E-state index contributed by atoms with van der Waals surface area (Å²) in [5.41, 5.74) is 6.41. The van der Waals surface area contributed by atoms with Gasteiger partial charge < -0.3 is 16.2 Å². The van der Waals surface area contributed by atoms with Crippen LogP contribution in [0, 0.1) is 0 Å². The zero-order valence-electron chi connectivity index (χ0n) is 12.8. The van der Waals surface area contributed by atoms with Gasteiger partial charge in [-0.25, -0.2) is 13.8 Å². The molecular weight excluding hydrogens is 294 g/mol. The normalized spacial score (nSPS) is 16.6. The van der Waals surface area contributed by atoms with Crippen LogP contribution in [-0.2, 0) is 4.79 Å². The molecule has 0 saturated carbocycles. The first-order valence-electron chi connectivity index (χ1n) is 7.21. The highest BCUT2D eigenvalue weighted by molar-refractivity contribution is 5.72. The van der Waals surface area contributed by atoms with E-state index in [2.05, 4.69) is 11.9 Å². The van der Waals surface area contributed by atoms with Crippen molar-refractivity contribution in [3.05, 3.63) is 24.0 Å². The van der Waals surface area contributed by atoms with Crippen LogP contribution in [0.2, 0.25) is 0 Å². The van der Waals surface area contributed by atoms with Gasteiger partial charge in [0.15, 0.2) is 0 Å². The lowest BCUT2D eigenvalue weighted by Crippen LogP contribution is -2.48. The summed E-state index contributed by atoms with van der Waals surface area (Å²) in [4.78, 5) is 10.8. The van der Waals surface area contributed by atoms with Crippen LogP contribution in [0.3, 0.4) is 0 Å². The molecule has 1 heterocycles. The maximum Gasteiger partial charge on any atom is 0.320 e. The Morgan fingerprint density at radius 3 is 2.82 bits per heavy atom. The summed E-state index contributed by atoms with van der Waals surface area (Å²) in [6.07, 6.45) is 1.05. The SMILES string of the molecule is C=CC1=C(N(C)N(CC[C@H](N)C(=O)O)CC(F)F)NCCC1. The minimum Gasteiger partial charge on any atom is -0.480 e. The van der Waals surface area contributed by atoms with Gasteiger partial charge >= 0.3 is 5.97 Å². The Labute approximate surface area is 129 Å². The standard InChI is InChI=1S/C14H24F2N4O2/c1-3-10-5-4-7-18-13(10)19(2)20(9-12(15)16)8-6-11(17)14(21)22/h3,11-12,18H,1,4-9,17H2,2H3,(H,21,22)/t11-/m0/s1. The third kappa shape index (κ3) is 5.27. The van der Waals surface area contributed by atoms with Crippen LogP contribution in [-0.4, -0.2) is 60.2 Å². The molecule has 8 heteroatoms. The molecule has 1 atom stereocenters. The molecule has 0 aromatic carbocycles. The van der Waals surface area contributed by atoms with Crippen molar-refractivity contribution in [2.45, 2.75) is 31.7 Å². The van der Waals surface area contributed by atoms with Crippen molar-refractivity contribution in [2.75, 3.05) is 26.7 Å². The number of carboxylic acid groups (broad SMARTS) is 1. The molecule has 0 saturated heterocycles. The molecule has 1 rings (SSSR count). The largest absolute Gasteiger partial charge is 0.480 e. The van der Waals surface area contributed by atoms with Gasteiger partial charge in [0.25, 0.3) is 6.43 Å². The Hall–Kier alpha value is -1.67. The fourth-order valence-corrected chi connectivity index (χ4v) is 2.31. The summed E-state index contributed by atoms with van der Waals surface area (Å²) in [6.45, 7) is 4.15. The maximum absolute atomic E-state index is 12.8. The van der Waals surface area contributed by atoms with E-state index in [1.165, 1.54) is 5.01 Å².